The molecule has 0 amide bonds. The maximum absolute atomic E-state index is 10.0. The number of aliphatic carboxylic acids is 1. The highest BCUT2D eigenvalue weighted by molar-refractivity contribution is 5.63. The summed E-state index contributed by atoms with van der Waals surface area (Å²) < 4.78 is 3.60. The Morgan fingerprint density at radius 3 is 2.19 bits per heavy atom. The Kier molecular flexibility index (Phi) is 11.6. The minimum atomic E-state index is -0.913. The number of aliphatic hydroxyl groups excluding tert-OH is 1. The number of carboxylic acids is 1. The number of aliphatic hydroxyl groups is 1. The number of carboxylic acid groups (broad SMARTS) is 1. The highest BCUT2D eigenvalue weighted by atomic mass is 16.4. The smallest absolute Gasteiger partial charge is 0.245 e. The third kappa shape index (κ3) is 12.1. The molecular weight excluding hydrogens is 268 g/mol. The lowest BCUT2D eigenvalue weighted by Gasteiger charge is -2.01. The Labute approximate surface area is 128 Å². The number of unbranched alkanes of at least 4 members (excludes halogenated alkanes) is 6. The van der Waals surface area contributed by atoms with E-state index in [4.69, 9.17) is 5.11 Å². The number of hydrogen-bond acceptors (Lipinski definition) is 3. The molecular formula is C16H30N2O3. The van der Waals surface area contributed by atoms with Gasteiger partial charge in [0.2, 0.25) is 6.33 Å². The van der Waals surface area contributed by atoms with Crippen LogP contribution >= 0.6 is 0 Å². The summed E-state index contributed by atoms with van der Waals surface area (Å²) in [6.45, 7) is 3.91. The molecule has 0 saturated heterocycles. The van der Waals surface area contributed by atoms with Crippen LogP contribution in [0.15, 0.2) is 18.7 Å². The maximum Gasteiger partial charge on any atom is 0.245 e. The van der Waals surface area contributed by atoms with E-state index in [1.54, 1.807) is 11.5 Å². The van der Waals surface area contributed by atoms with Crippen molar-refractivity contribution in [2.24, 2.45) is 7.05 Å². The van der Waals surface area contributed by atoms with Gasteiger partial charge >= 0.3 is 0 Å². The zero-order chi connectivity index (χ0) is 16.1. The Morgan fingerprint density at radius 2 is 1.81 bits per heavy atom. The molecule has 0 spiro atoms. The summed E-state index contributed by atoms with van der Waals surface area (Å²) in [6, 6.07) is 0. The molecule has 0 aliphatic heterocycles. The summed E-state index contributed by atoms with van der Waals surface area (Å²) in [5, 5.41) is 19.0. The molecule has 1 rings (SSSR count). The number of carbonyl (C=O) groups excluding carboxylic acids is 1. The molecule has 1 aromatic heterocycles. The first-order valence-corrected chi connectivity index (χ1v) is 7.88. The van der Waals surface area contributed by atoms with Crippen molar-refractivity contribution in [1.82, 2.24) is 4.57 Å². The van der Waals surface area contributed by atoms with Gasteiger partial charge in [0, 0.05) is 12.9 Å². The monoisotopic (exact) mass is 298 g/mol. The fraction of sp³-hybridized carbons (Fsp3) is 0.750. The predicted molar refractivity (Wildman–Crippen MR) is 80.2 cm³/mol. The van der Waals surface area contributed by atoms with Crippen LogP contribution in [0.25, 0.3) is 0 Å². The first-order chi connectivity index (χ1) is 9.97. The molecule has 0 aromatic carbocycles. The van der Waals surface area contributed by atoms with Gasteiger partial charge in [0.1, 0.15) is 12.4 Å². The van der Waals surface area contributed by atoms with Crippen molar-refractivity contribution >= 4 is 5.97 Å². The molecule has 0 aliphatic rings. The summed E-state index contributed by atoms with van der Waals surface area (Å²) in [4.78, 5) is 10.0. The molecule has 5 heteroatoms. The van der Waals surface area contributed by atoms with Gasteiger partial charge in [-0.05, 0) is 12.8 Å². The predicted octanol–water partition coefficient (Wildman–Crippen LogP) is 1.70. The molecule has 0 aliphatic carbocycles. The van der Waals surface area contributed by atoms with Crippen LogP contribution in [0.3, 0.4) is 0 Å². The number of carbonyl (C=O) groups is 1. The number of imidazole rings is 1. The van der Waals surface area contributed by atoms with E-state index in [2.05, 4.69) is 6.92 Å². The lowest BCUT2D eigenvalue weighted by Crippen LogP contribution is -2.34. The lowest BCUT2D eigenvalue weighted by atomic mass is 10.1. The molecule has 1 unspecified atom stereocenters. The van der Waals surface area contributed by atoms with E-state index >= 15 is 0 Å². The van der Waals surface area contributed by atoms with Crippen LogP contribution in [-0.4, -0.2) is 15.6 Å². The number of nitrogens with zero attached hydrogens (tertiary/aromatic N) is 2. The molecule has 1 N–H and O–H groups in total. The van der Waals surface area contributed by atoms with Crippen LogP contribution in [0, 0.1) is 0 Å². The van der Waals surface area contributed by atoms with Gasteiger partial charge in [-0.15, -0.1) is 0 Å². The average molecular weight is 298 g/mol. The molecule has 0 saturated carbocycles. The van der Waals surface area contributed by atoms with Crippen molar-refractivity contribution in [3.05, 3.63) is 18.7 Å². The second-order valence-corrected chi connectivity index (χ2v) is 5.40. The van der Waals surface area contributed by atoms with Crippen molar-refractivity contribution in [2.75, 3.05) is 0 Å². The Bertz CT molecular complexity index is 375. The van der Waals surface area contributed by atoms with Crippen LogP contribution in [-0.2, 0) is 11.8 Å². The summed E-state index contributed by atoms with van der Waals surface area (Å²) in [5.41, 5.74) is 0. The summed E-state index contributed by atoms with van der Waals surface area (Å²) in [5.74, 6) is -0.913. The number of aryl methyl sites for hydroxylation is 1. The summed E-state index contributed by atoms with van der Waals surface area (Å²) >= 11 is 0. The zero-order valence-electron chi connectivity index (χ0n) is 13.6. The first-order valence-electron chi connectivity index (χ1n) is 7.88. The number of rotatable bonds is 9. The summed E-state index contributed by atoms with van der Waals surface area (Å²) in [6.07, 6.45) is 13.4. The lowest BCUT2D eigenvalue weighted by molar-refractivity contribution is -0.755. The Balaban J connectivity index is 0.000000394. The van der Waals surface area contributed by atoms with Crippen molar-refractivity contribution in [2.45, 2.75) is 71.4 Å². The van der Waals surface area contributed by atoms with E-state index < -0.39 is 12.2 Å². The van der Waals surface area contributed by atoms with E-state index in [1.807, 2.05) is 30.3 Å². The average Bonchev–Trinajstić information content (AvgIpc) is 2.85. The Morgan fingerprint density at radius 1 is 1.24 bits per heavy atom. The minimum Gasteiger partial charge on any atom is -0.550 e. The van der Waals surface area contributed by atoms with Crippen molar-refractivity contribution in [3.8, 4) is 0 Å². The van der Waals surface area contributed by atoms with E-state index in [9.17, 15) is 9.90 Å². The van der Waals surface area contributed by atoms with Gasteiger partial charge in [0.05, 0.1) is 7.05 Å². The van der Waals surface area contributed by atoms with Gasteiger partial charge in [-0.3, -0.25) is 0 Å². The molecule has 0 radical (unpaired) electrons. The SMILES string of the molecule is CC(O)[n+]1ccn(C)c1.CCCCCCCCCC(=O)[O-]. The van der Waals surface area contributed by atoms with Gasteiger partial charge in [0.15, 0.2) is 6.23 Å². The number of hydrogen-bond donors (Lipinski definition) is 1. The largest absolute Gasteiger partial charge is 0.550 e. The number of aromatic nitrogens is 2. The van der Waals surface area contributed by atoms with Crippen LogP contribution in [0.1, 0.15) is 71.4 Å². The van der Waals surface area contributed by atoms with Crippen LogP contribution in [0.4, 0.5) is 0 Å². The fourth-order valence-corrected chi connectivity index (χ4v) is 1.92. The highest BCUT2D eigenvalue weighted by Crippen LogP contribution is 2.07. The van der Waals surface area contributed by atoms with Gasteiger partial charge in [-0.1, -0.05) is 45.4 Å². The molecule has 1 heterocycles. The molecule has 21 heavy (non-hydrogen) atoms. The zero-order valence-corrected chi connectivity index (χ0v) is 13.6. The third-order valence-corrected chi connectivity index (χ3v) is 3.21. The van der Waals surface area contributed by atoms with Gasteiger partial charge in [-0.2, -0.15) is 0 Å². The van der Waals surface area contributed by atoms with Gasteiger partial charge < -0.3 is 15.0 Å². The Hall–Kier alpha value is -1.36. The van der Waals surface area contributed by atoms with E-state index in [0.717, 1.165) is 12.8 Å². The van der Waals surface area contributed by atoms with E-state index in [0.29, 0.717) is 0 Å². The summed E-state index contributed by atoms with van der Waals surface area (Å²) in [7, 11) is 1.92. The van der Waals surface area contributed by atoms with Crippen molar-refractivity contribution in [3.63, 3.8) is 0 Å². The molecule has 1 aromatic rings. The standard InChI is InChI=1S/C10H20O2.C6H11N2O/c1-2-3-4-5-6-7-8-9-10(11)12;1-6(9)8-4-3-7(2)5-8/h2-9H2,1H3,(H,11,12);3-6,9H,1-2H3/q;+1/p-1. The highest BCUT2D eigenvalue weighted by Gasteiger charge is 2.03. The van der Waals surface area contributed by atoms with Gasteiger partial charge in [-0.25, -0.2) is 9.13 Å². The second kappa shape index (κ2) is 12.4. The molecule has 122 valence electrons. The maximum atomic E-state index is 10.0. The van der Waals surface area contributed by atoms with Crippen molar-refractivity contribution < 1.29 is 19.6 Å². The second-order valence-electron chi connectivity index (χ2n) is 5.40. The molecule has 1 atom stereocenters. The quantitative estimate of drug-likeness (QED) is 0.557. The topological polar surface area (TPSA) is 69.2 Å². The van der Waals surface area contributed by atoms with Crippen LogP contribution in [0.5, 0.6) is 0 Å². The van der Waals surface area contributed by atoms with Crippen LogP contribution < -0.4 is 9.67 Å². The fourth-order valence-electron chi connectivity index (χ4n) is 1.92. The molecule has 0 bridgehead atoms. The van der Waals surface area contributed by atoms with Crippen molar-refractivity contribution in [1.29, 1.82) is 0 Å². The minimum absolute atomic E-state index is 0.230. The van der Waals surface area contributed by atoms with E-state index in [-0.39, 0.29) is 6.42 Å². The third-order valence-electron chi connectivity index (χ3n) is 3.21. The van der Waals surface area contributed by atoms with E-state index in [1.165, 1.54) is 32.1 Å². The first kappa shape index (κ1) is 19.6. The van der Waals surface area contributed by atoms with Crippen LogP contribution in [0.2, 0.25) is 0 Å². The molecule has 0 fully saturated rings. The molecule has 5 nitrogen and oxygen atoms in total. The normalized spacial score (nSPS) is 11.6. The van der Waals surface area contributed by atoms with Gasteiger partial charge in [0.25, 0.3) is 0 Å².